The van der Waals surface area contributed by atoms with E-state index in [2.05, 4.69) is 39.5 Å². The Morgan fingerprint density at radius 1 is 1.05 bits per heavy atom. The van der Waals surface area contributed by atoms with Gasteiger partial charge in [-0.2, -0.15) is 0 Å². The maximum Gasteiger partial charge on any atom is 0.0815 e. The highest BCUT2D eigenvalue weighted by Gasteiger charge is 2.39. The van der Waals surface area contributed by atoms with Crippen molar-refractivity contribution in [2.24, 2.45) is 23.2 Å². The van der Waals surface area contributed by atoms with Gasteiger partial charge in [0.25, 0.3) is 0 Å². The first kappa shape index (κ1) is 18.2. The van der Waals surface area contributed by atoms with Gasteiger partial charge in [-0.3, -0.25) is 0 Å². The quantitative estimate of drug-likeness (QED) is 0.568. The molecular formula is C20H37NS. The SMILES string of the molecule is CC(C)N1CCC2CC(C)(C(C)C)CCCCCCC2C1=S. The van der Waals surface area contributed by atoms with E-state index in [9.17, 15) is 0 Å². The van der Waals surface area contributed by atoms with Crippen LogP contribution in [-0.2, 0) is 0 Å². The van der Waals surface area contributed by atoms with Gasteiger partial charge in [0.05, 0.1) is 4.99 Å². The van der Waals surface area contributed by atoms with Crippen molar-refractivity contribution in [2.45, 2.75) is 92.0 Å². The minimum Gasteiger partial charge on any atom is -0.363 e. The van der Waals surface area contributed by atoms with Gasteiger partial charge in [-0.05, 0) is 56.8 Å². The number of thiocarbonyl (C=S) groups is 1. The second-order valence-electron chi connectivity index (χ2n) is 8.75. The maximum atomic E-state index is 5.95. The Hall–Kier alpha value is -0.110. The lowest BCUT2D eigenvalue weighted by atomic mass is 9.65. The molecule has 2 fully saturated rings. The van der Waals surface area contributed by atoms with E-state index in [4.69, 9.17) is 12.2 Å². The Labute approximate surface area is 144 Å². The zero-order chi connectivity index (χ0) is 16.3. The molecule has 0 N–H and O–H groups in total. The average Bonchev–Trinajstić information content (AvgIpc) is 2.44. The predicted molar refractivity (Wildman–Crippen MR) is 101 cm³/mol. The molecule has 2 aliphatic rings. The summed E-state index contributed by atoms with van der Waals surface area (Å²) in [6.45, 7) is 13.2. The Morgan fingerprint density at radius 3 is 2.36 bits per heavy atom. The largest absolute Gasteiger partial charge is 0.363 e. The van der Waals surface area contributed by atoms with Crippen LogP contribution in [0.5, 0.6) is 0 Å². The van der Waals surface area contributed by atoms with Crippen LogP contribution in [0.15, 0.2) is 0 Å². The third kappa shape index (κ3) is 4.04. The molecule has 1 aliphatic carbocycles. The number of fused-ring (bicyclic) bond motifs is 1. The molecule has 1 heterocycles. The summed E-state index contributed by atoms with van der Waals surface area (Å²) >= 11 is 5.95. The molecule has 0 aromatic carbocycles. The molecule has 2 heteroatoms. The lowest BCUT2D eigenvalue weighted by Gasteiger charge is -2.47. The van der Waals surface area contributed by atoms with Gasteiger partial charge in [-0.1, -0.05) is 58.7 Å². The Balaban J connectivity index is 2.19. The van der Waals surface area contributed by atoms with E-state index in [-0.39, 0.29) is 0 Å². The monoisotopic (exact) mass is 323 g/mol. The van der Waals surface area contributed by atoms with E-state index in [0.29, 0.717) is 17.4 Å². The number of hydrogen-bond acceptors (Lipinski definition) is 1. The first-order valence-electron chi connectivity index (χ1n) is 9.65. The minimum atomic E-state index is 0.510. The fraction of sp³-hybridized carbons (Fsp3) is 0.950. The van der Waals surface area contributed by atoms with Gasteiger partial charge in [-0.15, -0.1) is 0 Å². The summed E-state index contributed by atoms with van der Waals surface area (Å²) in [5.74, 6) is 2.28. The molecule has 0 spiro atoms. The van der Waals surface area contributed by atoms with Crippen LogP contribution < -0.4 is 0 Å². The topological polar surface area (TPSA) is 3.24 Å². The van der Waals surface area contributed by atoms with Gasteiger partial charge in [0.15, 0.2) is 0 Å². The normalized spacial score (nSPS) is 34.9. The van der Waals surface area contributed by atoms with E-state index in [0.717, 1.165) is 11.8 Å². The lowest BCUT2D eigenvalue weighted by molar-refractivity contribution is 0.0995. The molecule has 1 saturated heterocycles. The Morgan fingerprint density at radius 2 is 1.73 bits per heavy atom. The van der Waals surface area contributed by atoms with Crippen LogP contribution in [0, 0.1) is 23.2 Å². The fourth-order valence-corrected chi connectivity index (χ4v) is 5.23. The molecule has 1 saturated carbocycles. The molecule has 0 bridgehead atoms. The molecule has 3 unspecified atom stereocenters. The van der Waals surface area contributed by atoms with E-state index in [1.165, 1.54) is 62.9 Å². The summed E-state index contributed by atoms with van der Waals surface area (Å²) in [7, 11) is 0. The molecule has 0 aromatic heterocycles. The van der Waals surface area contributed by atoms with Crippen molar-refractivity contribution in [1.29, 1.82) is 0 Å². The number of nitrogens with zero attached hydrogens (tertiary/aromatic N) is 1. The molecule has 0 amide bonds. The summed E-state index contributed by atoms with van der Waals surface area (Å²) in [5, 5.41) is 0. The third-order valence-corrected chi connectivity index (χ3v) is 7.21. The lowest BCUT2D eigenvalue weighted by Crippen LogP contribution is -2.49. The second-order valence-corrected chi connectivity index (χ2v) is 9.16. The van der Waals surface area contributed by atoms with Crippen molar-refractivity contribution >= 4 is 17.2 Å². The first-order valence-corrected chi connectivity index (χ1v) is 10.1. The minimum absolute atomic E-state index is 0.510. The highest BCUT2D eigenvalue weighted by Crippen LogP contribution is 2.45. The van der Waals surface area contributed by atoms with E-state index in [1.807, 2.05) is 0 Å². The zero-order valence-corrected chi connectivity index (χ0v) is 16.3. The molecule has 2 rings (SSSR count). The standard InChI is InChI=1S/C20H37NS/c1-15(2)20(5)12-9-7-6-8-10-18-17(14-20)11-13-21(16(3)4)19(18)22/h15-18H,6-14H2,1-5H3. The zero-order valence-electron chi connectivity index (χ0n) is 15.5. The predicted octanol–water partition coefficient (Wildman–Crippen LogP) is 6.07. The molecule has 128 valence electrons. The van der Waals surface area contributed by atoms with E-state index in [1.54, 1.807) is 0 Å². The molecule has 1 aliphatic heterocycles. The van der Waals surface area contributed by atoms with Gasteiger partial charge in [0.1, 0.15) is 0 Å². The van der Waals surface area contributed by atoms with Crippen molar-refractivity contribution in [1.82, 2.24) is 4.90 Å². The average molecular weight is 324 g/mol. The van der Waals surface area contributed by atoms with Crippen molar-refractivity contribution in [3.8, 4) is 0 Å². The van der Waals surface area contributed by atoms with Gasteiger partial charge in [-0.25, -0.2) is 0 Å². The van der Waals surface area contributed by atoms with Crippen molar-refractivity contribution in [2.75, 3.05) is 6.54 Å². The summed E-state index contributed by atoms with van der Waals surface area (Å²) in [6.07, 6.45) is 11.1. The molecular weight excluding hydrogens is 286 g/mol. The number of likely N-dealkylation sites (tertiary alicyclic amines) is 1. The Bertz CT molecular complexity index is 376. The van der Waals surface area contributed by atoms with Crippen LogP contribution in [0.1, 0.15) is 86.0 Å². The molecule has 22 heavy (non-hydrogen) atoms. The van der Waals surface area contributed by atoms with Gasteiger partial charge < -0.3 is 4.90 Å². The number of piperidine rings is 1. The van der Waals surface area contributed by atoms with Gasteiger partial charge in [0, 0.05) is 18.5 Å². The first-order chi connectivity index (χ1) is 10.3. The smallest absolute Gasteiger partial charge is 0.0815 e. The summed E-state index contributed by atoms with van der Waals surface area (Å²) in [4.78, 5) is 3.80. The molecule has 0 aromatic rings. The van der Waals surface area contributed by atoms with Crippen LogP contribution >= 0.6 is 12.2 Å². The number of rotatable bonds is 2. The van der Waals surface area contributed by atoms with Crippen molar-refractivity contribution in [3.63, 3.8) is 0 Å². The summed E-state index contributed by atoms with van der Waals surface area (Å²) < 4.78 is 0. The highest BCUT2D eigenvalue weighted by atomic mass is 32.1. The van der Waals surface area contributed by atoms with Gasteiger partial charge in [0.2, 0.25) is 0 Å². The van der Waals surface area contributed by atoms with Crippen molar-refractivity contribution < 1.29 is 0 Å². The van der Waals surface area contributed by atoms with Crippen LogP contribution in [0.3, 0.4) is 0 Å². The van der Waals surface area contributed by atoms with E-state index >= 15 is 0 Å². The Kier molecular flexibility index (Phi) is 6.33. The molecule has 1 nitrogen and oxygen atoms in total. The molecule has 0 radical (unpaired) electrons. The fourth-order valence-electron chi connectivity index (χ4n) is 4.62. The third-order valence-electron chi connectivity index (χ3n) is 6.67. The highest BCUT2D eigenvalue weighted by molar-refractivity contribution is 7.80. The van der Waals surface area contributed by atoms with Crippen LogP contribution in [0.25, 0.3) is 0 Å². The second kappa shape index (κ2) is 7.64. The van der Waals surface area contributed by atoms with Crippen molar-refractivity contribution in [3.05, 3.63) is 0 Å². The van der Waals surface area contributed by atoms with Crippen LogP contribution in [0.4, 0.5) is 0 Å². The van der Waals surface area contributed by atoms with Gasteiger partial charge >= 0.3 is 0 Å². The van der Waals surface area contributed by atoms with Crippen LogP contribution in [0.2, 0.25) is 0 Å². The van der Waals surface area contributed by atoms with Crippen LogP contribution in [-0.4, -0.2) is 22.5 Å². The maximum absolute atomic E-state index is 5.95. The summed E-state index contributed by atoms with van der Waals surface area (Å²) in [6, 6.07) is 0.570. The molecule has 3 atom stereocenters. The number of hydrogen-bond donors (Lipinski definition) is 0. The van der Waals surface area contributed by atoms with E-state index < -0.39 is 0 Å². The summed E-state index contributed by atoms with van der Waals surface area (Å²) in [5.41, 5.74) is 0.510.